The molecule has 1 aromatic heterocycles. The largest absolute Gasteiger partial charge is 0.481 e. The summed E-state index contributed by atoms with van der Waals surface area (Å²) in [6, 6.07) is -2.00. The molecule has 0 spiro atoms. The van der Waals surface area contributed by atoms with Crippen molar-refractivity contribution in [1.82, 2.24) is 9.88 Å². The zero-order chi connectivity index (χ0) is 13.9. The van der Waals surface area contributed by atoms with Crippen LogP contribution in [0.5, 0.6) is 0 Å². The van der Waals surface area contributed by atoms with Crippen molar-refractivity contribution in [3.05, 3.63) is 16.1 Å². The molecule has 0 saturated heterocycles. The number of aryl methyl sites for hydroxylation is 1. The molecule has 0 amide bonds. The molecule has 0 aliphatic rings. The highest BCUT2D eigenvalue weighted by Crippen LogP contribution is 2.28. The Kier molecular flexibility index (Phi) is 4.69. The van der Waals surface area contributed by atoms with Crippen molar-refractivity contribution in [1.29, 1.82) is 0 Å². The summed E-state index contributed by atoms with van der Waals surface area (Å²) in [4.78, 5) is 16.3. The minimum absolute atomic E-state index is 0.0179. The van der Waals surface area contributed by atoms with Crippen molar-refractivity contribution in [2.45, 2.75) is 32.1 Å². The van der Waals surface area contributed by atoms with Crippen LogP contribution in [0.15, 0.2) is 6.20 Å². The Balaban J connectivity index is 2.76. The molecule has 1 N–H and O–H groups in total. The van der Waals surface area contributed by atoms with Gasteiger partial charge in [-0.3, -0.25) is 9.69 Å². The van der Waals surface area contributed by atoms with E-state index in [2.05, 4.69) is 4.98 Å². The first kappa shape index (κ1) is 14.9. The number of hydrogen-bond donors (Lipinski definition) is 1. The number of halogens is 3. The molecule has 0 aromatic carbocycles. The summed E-state index contributed by atoms with van der Waals surface area (Å²) in [6.07, 6.45) is -3.96. The van der Waals surface area contributed by atoms with Crippen LogP contribution in [0.1, 0.15) is 16.3 Å². The van der Waals surface area contributed by atoms with Crippen LogP contribution >= 0.6 is 11.3 Å². The maximum absolute atomic E-state index is 12.7. The highest BCUT2D eigenvalue weighted by atomic mass is 32.1. The van der Waals surface area contributed by atoms with Gasteiger partial charge in [-0.05, 0) is 14.0 Å². The van der Waals surface area contributed by atoms with Crippen LogP contribution in [0.3, 0.4) is 0 Å². The molecule has 102 valence electrons. The number of carboxylic acids is 1. The lowest BCUT2D eigenvalue weighted by Gasteiger charge is -2.27. The number of hydrogen-bond acceptors (Lipinski definition) is 4. The van der Waals surface area contributed by atoms with Crippen LogP contribution in [0, 0.1) is 6.92 Å². The maximum Gasteiger partial charge on any atom is 0.404 e. The Morgan fingerprint density at radius 2 is 2.22 bits per heavy atom. The van der Waals surface area contributed by atoms with E-state index in [0.29, 0.717) is 5.01 Å². The Hall–Kier alpha value is -1.15. The third-order valence-electron chi connectivity index (χ3n) is 2.33. The molecule has 8 heteroatoms. The van der Waals surface area contributed by atoms with Gasteiger partial charge >= 0.3 is 12.1 Å². The SMILES string of the molecule is Cc1cnc(CN(C)C(CC(=O)O)C(F)(F)F)s1. The van der Waals surface area contributed by atoms with Crippen molar-refractivity contribution in [2.75, 3.05) is 7.05 Å². The van der Waals surface area contributed by atoms with Crippen LogP contribution in [-0.2, 0) is 11.3 Å². The zero-order valence-electron chi connectivity index (χ0n) is 9.86. The average Bonchev–Trinajstić information content (AvgIpc) is 2.58. The van der Waals surface area contributed by atoms with E-state index < -0.39 is 24.6 Å². The summed E-state index contributed by atoms with van der Waals surface area (Å²) in [5.74, 6) is -1.47. The van der Waals surface area contributed by atoms with Crippen molar-refractivity contribution in [3.63, 3.8) is 0 Å². The first-order valence-electron chi connectivity index (χ1n) is 5.10. The standard InChI is InChI=1S/C10H13F3N2O2S/c1-6-4-14-8(18-6)5-15(2)7(3-9(16)17)10(11,12)13/h4,7H,3,5H2,1-2H3,(H,16,17). The van der Waals surface area contributed by atoms with Gasteiger partial charge in [-0.25, -0.2) is 4.98 Å². The quantitative estimate of drug-likeness (QED) is 0.900. The van der Waals surface area contributed by atoms with Crippen LogP contribution in [0.25, 0.3) is 0 Å². The van der Waals surface area contributed by atoms with E-state index in [1.807, 2.05) is 0 Å². The van der Waals surface area contributed by atoms with E-state index in [9.17, 15) is 18.0 Å². The van der Waals surface area contributed by atoms with E-state index >= 15 is 0 Å². The van der Waals surface area contributed by atoms with Gasteiger partial charge in [-0.15, -0.1) is 11.3 Å². The Morgan fingerprint density at radius 1 is 1.61 bits per heavy atom. The fraction of sp³-hybridized carbons (Fsp3) is 0.600. The van der Waals surface area contributed by atoms with Gasteiger partial charge in [0, 0.05) is 11.1 Å². The van der Waals surface area contributed by atoms with Gasteiger partial charge in [0.15, 0.2) is 0 Å². The minimum Gasteiger partial charge on any atom is -0.481 e. The second kappa shape index (κ2) is 5.66. The van der Waals surface area contributed by atoms with Crippen LogP contribution in [-0.4, -0.2) is 40.2 Å². The molecule has 0 aliphatic carbocycles. The summed E-state index contributed by atoms with van der Waals surface area (Å²) in [7, 11) is 1.25. The molecule has 4 nitrogen and oxygen atoms in total. The number of nitrogens with zero attached hydrogens (tertiary/aromatic N) is 2. The summed E-state index contributed by atoms with van der Waals surface area (Å²) in [6.45, 7) is 1.79. The van der Waals surface area contributed by atoms with E-state index in [-0.39, 0.29) is 6.54 Å². The van der Waals surface area contributed by atoms with Crippen molar-refractivity contribution in [2.24, 2.45) is 0 Å². The lowest BCUT2D eigenvalue weighted by Crippen LogP contribution is -2.44. The summed E-state index contributed by atoms with van der Waals surface area (Å²) in [5, 5.41) is 9.06. The summed E-state index contributed by atoms with van der Waals surface area (Å²) in [5.41, 5.74) is 0. The first-order chi connectivity index (χ1) is 8.20. The summed E-state index contributed by atoms with van der Waals surface area (Å²) >= 11 is 1.30. The molecule has 1 unspecified atom stereocenters. The maximum atomic E-state index is 12.7. The smallest absolute Gasteiger partial charge is 0.404 e. The van der Waals surface area contributed by atoms with E-state index in [0.717, 1.165) is 9.78 Å². The van der Waals surface area contributed by atoms with Crippen LogP contribution in [0.4, 0.5) is 13.2 Å². The van der Waals surface area contributed by atoms with Gasteiger partial charge in [0.2, 0.25) is 0 Å². The summed E-state index contributed by atoms with van der Waals surface area (Å²) < 4.78 is 38.2. The predicted molar refractivity (Wildman–Crippen MR) is 60.4 cm³/mol. The molecule has 0 radical (unpaired) electrons. The van der Waals surface area contributed by atoms with Gasteiger partial charge in [-0.1, -0.05) is 0 Å². The Bertz CT molecular complexity index is 420. The number of carbonyl (C=O) groups is 1. The average molecular weight is 282 g/mol. The Labute approximate surface area is 106 Å². The number of aliphatic carboxylic acids is 1. The molecule has 1 atom stereocenters. The number of thiazole rings is 1. The highest BCUT2D eigenvalue weighted by molar-refractivity contribution is 7.11. The lowest BCUT2D eigenvalue weighted by atomic mass is 10.2. The molecule has 1 heterocycles. The zero-order valence-corrected chi connectivity index (χ0v) is 10.7. The topological polar surface area (TPSA) is 53.4 Å². The monoisotopic (exact) mass is 282 g/mol. The molecule has 0 aliphatic heterocycles. The molecular formula is C10H13F3N2O2S. The van der Waals surface area contributed by atoms with Crippen LogP contribution in [0.2, 0.25) is 0 Å². The molecule has 0 bridgehead atoms. The molecule has 0 fully saturated rings. The number of alkyl halides is 3. The normalized spacial score (nSPS) is 13.9. The highest BCUT2D eigenvalue weighted by Gasteiger charge is 2.43. The first-order valence-corrected chi connectivity index (χ1v) is 5.92. The second-order valence-corrected chi connectivity index (χ2v) is 5.25. The number of rotatable bonds is 5. The third-order valence-corrected chi connectivity index (χ3v) is 3.23. The van der Waals surface area contributed by atoms with Crippen molar-refractivity contribution < 1.29 is 23.1 Å². The molecule has 1 rings (SSSR count). The second-order valence-electron chi connectivity index (χ2n) is 3.94. The Morgan fingerprint density at radius 3 is 2.61 bits per heavy atom. The van der Waals surface area contributed by atoms with Crippen molar-refractivity contribution in [3.8, 4) is 0 Å². The molecule has 1 aromatic rings. The number of aromatic nitrogens is 1. The predicted octanol–water partition coefficient (Wildman–Crippen LogP) is 2.29. The van der Waals surface area contributed by atoms with Gasteiger partial charge in [0.05, 0.1) is 13.0 Å². The fourth-order valence-corrected chi connectivity index (χ4v) is 2.34. The molecule has 0 saturated carbocycles. The van der Waals surface area contributed by atoms with Gasteiger partial charge < -0.3 is 5.11 Å². The van der Waals surface area contributed by atoms with Crippen molar-refractivity contribution >= 4 is 17.3 Å². The van der Waals surface area contributed by atoms with Crippen LogP contribution < -0.4 is 0 Å². The molecular weight excluding hydrogens is 269 g/mol. The fourth-order valence-electron chi connectivity index (χ4n) is 1.48. The van der Waals surface area contributed by atoms with E-state index in [1.54, 1.807) is 13.1 Å². The van der Waals surface area contributed by atoms with Gasteiger partial charge in [-0.2, -0.15) is 13.2 Å². The van der Waals surface area contributed by atoms with Gasteiger partial charge in [0.1, 0.15) is 11.0 Å². The third kappa shape index (κ3) is 4.26. The number of carboxylic acid groups (broad SMARTS) is 1. The minimum atomic E-state index is -4.57. The van der Waals surface area contributed by atoms with Gasteiger partial charge in [0.25, 0.3) is 0 Å². The van der Waals surface area contributed by atoms with E-state index in [4.69, 9.17) is 5.11 Å². The van der Waals surface area contributed by atoms with E-state index in [1.165, 1.54) is 18.4 Å². The lowest BCUT2D eigenvalue weighted by molar-refractivity contribution is -0.188. The molecule has 18 heavy (non-hydrogen) atoms.